The molecule has 50 valence electrons. The largest absolute Gasteiger partial charge is 0.233 e. The fourth-order valence-corrected chi connectivity index (χ4v) is 1.91. The topological polar surface area (TPSA) is 14.1 Å². The number of fused-ring (bicyclic) bond motifs is 1. The quantitative estimate of drug-likeness (QED) is 0.545. The van der Waals surface area contributed by atoms with Gasteiger partial charge in [-0.15, -0.1) is 0 Å². The summed E-state index contributed by atoms with van der Waals surface area (Å²) in [6, 6.07) is 8.33. The predicted molar refractivity (Wildman–Crippen MR) is 43.1 cm³/mol. The van der Waals surface area contributed by atoms with Gasteiger partial charge in [-0.2, -0.15) is 4.98 Å². The monoisotopic (exact) mass is 150 g/mol. The van der Waals surface area contributed by atoms with Gasteiger partial charge in [0.05, 0.1) is 0 Å². The van der Waals surface area contributed by atoms with E-state index in [1.807, 2.05) is 6.07 Å². The molecule has 0 bridgehead atoms. The van der Waals surface area contributed by atoms with Gasteiger partial charge in [0, 0.05) is 13.0 Å². The molecule has 0 unspecified atom stereocenters. The highest BCUT2D eigenvalue weighted by atomic mass is 32.1. The molecule has 0 aliphatic carbocycles. The molecule has 0 saturated carbocycles. The van der Waals surface area contributed by atoms with E-state index in [0.29, 0.717) is 0 Å². The summed E-state index contributed by atoms with van der Waals surface area (Å²) >= 11 is 1.80. The van der Waals surface area contributed by atoms with Gasteiger partial charge < -0.3 is 0 Å². The number of hydrogen-bond donors (Lipinski definition) is 0. The first-order chi connectivity index (χ1) is 4.86. The van der Waals surface area contributed by atoms with Crippen LogP contribution in [0.15, 0.2) is 24.3 Å². The molecule has 0 fully saturated rings. The highest BCUT2D eigenvalue weighted by Crippen LogP contribution is 2.16. The van der Waals surface area contributed by atoms with Crippen LogP contribution >= 0.6 is 11.3 Å². The van der Waals surface area contributed by atoms with Gasteiger partial charge in [0.25, 0.3) is 0 Å². The summed E-state index contributed by atoms with van der Waals surface area (Å²) in [5.41, 5.74) is 1.24. The van der Waals surface area contributed by atoms with E-state index in [1.54, 1.807) is 11.3 Å². The summed E-state index contributed by atoms with van der Waals surface area (Å²) in [4.78, 5) is 3.28. The number of nitrogens with one attached hydrogen (secondary N) is 1. The molecule has 1 nitrogen and oxygen atoms in total. The Kier molecular flexibility index (Phi) is 1.21. The van der Waals surface area contributed by atoms with Gasteiger partial charge in [0.15, 0.2) is 0 Å². The average molecular weight is 150 g/mol. The summed E-state index contributed by atoms with van der Waals surface area (Å²) in [5.74, 6) is 0. The molecule has 2 aromatic rings. The highest BCUT2D eigenvalue weighted by Gasteiger charge is 2.03. The molecule has 2 rings (SSSR count). The van der Waals surface area contributed by atoms with Gasteiger partial charge in [0.1, 0.15) is 4.70 Å². The van der Waals surface area contributed by atoms with Crippen molar-refractivity contribution in [1.82, 2.24) is 0 Å². The molecule has 1 N–H and O–H groups in total. The molecule has 0 amide bonds. The third-order valence-electron chi connectivity index (χ3n) is 1.46. The fraction of sp³-hybridized carbons (Fsp3) is 0.125. The van der Waals surface area contributed by atoms with Crippen molar-refractivity contribution in [2.45, 2.75) is 6.92 Å². The summed E-state index contributed by atoms with van der Waals surface area (Å²) in [5, 5.41) is 1.27. The molecule has 1 aromatic carbocycles. The van der Waals surface area contributed by atoms with Crippen molar-refractivity contribution in [2.24, 2.45) is 0 Å². The lowest BCUT2D eigenvalue weighted by Gasteiger charge is -1.75. The molecule has 0 atom stereocenters. The van der Waals surface area contributed by atoms with Crippen molar-refractivity contribution < 1.29 is 4.98 Å². The molecule has 2 heteroatoms. The highest BCUT2D eigenvalue weighted by molar-refractivity contribution is 7.18. The Morgan fingerprint density at radius 1 is 1.30 bits per heavy atom. The summed E-state index contributed by atoms with van der Waals surface area (Å²) in [6.45, 7) is 2.09. The van der Waals surface area contributed by atoms with Crippen molar-refractivity contribution in [3.05, 3.63) is 29.3 Å². The smallest absolute Gasteiger partial charge is 0.199 e. The zero-order valence-electron chi connectivity index (χ0n) is 5.72. The van der Waals surface area contributed by atoms with Gasteiger partial charge in [-0.25, -0.2) is 0 Å². The molecule has 0 radical (unpaired) electrons. The van der Waals surface area contributed by atoms with Gasteiger partial charge in [-0.1, -0.05) is 23.5 Å². The lowest BCUT2D eigenvalue weighted by molar-refractivity contribution is -0.347. The number of aryl methyl sites for hydroxylation is 1. The first-order valence-electron chi connectivity index (χ1n) is 3.24. The van der Waals surface area contributed by atoms with Gasteiger partial charge in [0.2, 0.25) is 10.5 Å². The number of para-hydroxylation sites is 1. The summed E-state index contributed by atoms with van der Waals surface area (Å²) < 4.78 is 1.33. The minimum absolute atomic E-state index is 1.24. The van der Waals surface area contributed by atoms with E-state index in [-0.39, 0.29) is 0 Å². The Morgan fingerprint density at radius 3 is 2.90 bits per heavy atom. The van der Waals surface area contributed by atoms with Gasteiger partial charge in [-0.05, 0) is 6.07 Å². The SMILES string of the molecule is Cc1[nH+]c2ccccc2s1. The summed E-state index contributed by atoms with van der Waals surface area (Å²) in [7, 11) is 0. The van der Waals surface area contributed by atoms with Gasteiger partial charge in [-0.3, -0.25) is 0 Å². The van der Waals surface area contributed by atoms with E-state index >= 15 is 0 Å². The minimum atomic E-state index is 1.24. The van der Waals surface area contributed by atoms with Crippen molar-refractivity contribution in [1.29, 1.82) is 0 Å². The number of benzene rings is 1. The van der Waals surface area contributed by atoms with Crippen LogP contribution in [0.4, 0.5) is 0 Å². The zero-order chi connectivity index (χ0) is 6.97. The van der Waals surface area contributed by atoms with Crippen LogP contribution in [0, 0.1) is 6.92 Å². The zero-order valence-corrected chi connectivity index (χ0v) is 6.53. The second-order valence-electron chi connectivity index (χ2n) is 2.28. The molecule has 1 aromatic heterocycles. The normalized spacial score (nSPS) is 10.5. The maximum Gasteiger partial charge on any atom is 0.233 e. The van der Waals surface area contributed by atoms with Crippen LogP contribution in [0.5, 0.6) is 0 Å². The Balaban J connectivity index is 2.88. The van der Waals surface area contributed by atoms with Crippen molar-refractivity contribution in [3.63, 3.8) is 0 Å². The average Bonchev–Trinajstić information content (AvgIpc) is 2.27. The lowest BCUT2D eigenvalue weighted by atomic mass is 10.3. The van der Waals surface area contributed by atoms with E-state index in [2.05, 4.69) is 30.1 Å². The Labute approximate surface area is 63.3 Å². The molecule has 1 heterocycles. The third kappa shape index (κ3) is 0.809. The second-order valence-corrected chi connectivity index (χ2v) is 3.54. The molecule has 10 heavy (non-hydrogen) atoms. The summed E-state index contributed by atoms with van der Waals surface area (Å²) in [6.07, 6.45) is 0. The fourth-order valence-electron chi connectivity index (χ4n) is 1.04. The Morgan fingerprint density at radius 2 is 2.10 bits per heavy atom. The lowest BCUT2D eigenvalue weighted by Crippen LogP contribution is -1.99. The molecule has 0 aliphatic heterocycles. The molecular formula is C8H8NS+. The van der Waals surface area contributed by atoms with Crippen LogP contribution in [0.2, 0.25) is 0 Å². The van der Waals surface area contributed by atoms with Crippen molar-refractivity contribution in [3.8, 4) is 0 Å². The Hall–Kier alpha value is -0.890. The number of rotatable bonds is 0. The van der Waals surface area contributed by atoms with Crippen LogP contribution < -0.4 is 4.98 Å². The van der Waals surface area contributed by atoms with E-state index in [0.717, 1.165) is 0 Å². The van der Waals surface area contributed by atoms with E-state index in [4.69, 9.17) is 0 Å². The molecular weight excluding hydrogens is 142 g/mol. The van der Waals surface area contributed by atoms with Crippen LogP contribution in [0.3, 0.4) is 0 Å². The van der Waals surface area contributed by atoms with Crippen LogP contribution in [-0.4, -0.2) is 0 Å². The molecule has 0 aliphatic rings. The number of aromatic nitrogens is 1. The number of hydrogen-bond acceptors (Lipinski definition) is 1. The van der Waals surface area contributed by atoms with Crippen molar-refractivity contribution in [2.75, 3.05) is 0 Å². The maximum absolute atomic E-state index is 3.28. The molecule has 0 saturated heterocycles. The minimum Gasteiger partial charge on any atom is -0.199 e. The number of aromatic amines is 1. The first-order valence-corrected chi connectivity index (χ1v) is 4.05. The van der Waals surface area contributed by atoms with Gasteiger partial charge >= 0.3 is 0 Å². The van der Waals surface area contributed by atoms with Crippen LogP contribution in [-0.2, 0) is 0 Å². The predicted octanol–water partition coefficient (Wildman–Crippen LogP) is 2.02. The van der Waals surface area contributed by atoms with Crippen molar-refractivity contribution >= 4 is 21.6 Å². The van der Waals surface area contributed by atoms with E-state index in [9.17, 15) is 0 Å². The maximum atomic E-state index is 3.28. The Bertz CT molecular complexity index is 318. The molecule has 0 spiro atoms. The van der Waals surface area contributed by atoms with E-state index in [1.165, 1.54) is 15.2 Å². The van der Waals surface area contributed by atoms with Crippen LogP contribution in [0.1, 0.15) is 5.01 Å². The number of H-pyrrole nitrogens is 1. The first kappa shape index (κ1) is 5.86. The van der Waals surface area contributed by atoms with E-state index < -0.39 is 0 Å². The van der Waals surface area contributed by atoms with Crippen LogP contribution in [0.25, 0.3) is 10.2 Å². The standard InChI is InChI=1S/C8H7NS/c1-6-9-7-4-2-3-5-8(7)10-6/h2-5H,1H3/p+1. The third-order valence-corrected chi connectivity index (χ3v) is 2.44. The number of thiazole rings is 1. The second kappa shape index (κ2) is 2.06.